The Morgan fingerprint density at radius 3 is 2.64 bits per heavy atom. The van der Waals surface area contributed by atoms with Gasteiger partial charge in [0, 0.05) is 23.9 Å². The largest absolute Gasteiger partial charge is 0.497 e. The molecule has 0 aliphatic heterocycles. The second kappa shape index (κ2) is 7.14. The number of carbonyl (C=O) groups excluding carboxylic acids is 1. The van der Waals surface area contributed by atoms with Gasteiger partial charge < -0.3 is 15.8 Å². The zero-order chi connectivity index (χ0) is 16.2. The standard InChI is InChI=1S/C18H28N2O2/c1-13(14(2)19)17(21)20-12-18(9-4-5-10-18)15-7-6-8-16(11-15)22-3/h6-8,11,13-14H,4-5,9-10,12,19H2,1-3H3,(H,20,21). The van der Waals surface area contributed by atoms with Gasteiger partial charge in [0.1, 0.15) is 5.75 Å². The van der Waals surface area contributed by atoms with E-state index in [0.717, 1.165) is 18.6 Å². The normalized spacial score (nSPS) is 19.5. The molecule has 122 valence electrons. The smallest absolute Gasteiger partial charge is 0.224 e. The molecule has 4 heteroatoms. The fraction of sp³-hybridized carbons (Fsp3) is 0.611. The van der Waals surface area contributed by atoms with Crippen LogP contribution in [-0.4, -0.2) is 25.6 Å². The Morgan fingerprint density at radius 1 is 1.36 bits per heavy atom. The van der Waals surface area contributed by atoms with Crippen molar-refractivity contribution in [3.8, 4) is 5.75 Å². The summed E-state index contributed by atoms with van der Waals surface area (Å²) in [5, 5.41) is 3.12. The van der Waals surface area contributed by atoms with Gasteiger partial charge in [0.25, 0.3) is 0 Å². The first kappa shape index (κ1) is 16.8. The molecule has 1 aromatic rings. The molecule has 1 aromatic carbocycles. The molecule has 3 N–H and O–H groups in total. The first-order valence-electron chi connectivity index (χ1n) is 8.16. The minimum absolute atomic E-state index is 0.0295. The van der Waals surface area contributed by atoms with E-state index in [1.165, 1.54) is 18.4 Å². The minimum atomic E-state index is -0.163. The lowest BCUT2D eigenvalue weighted by molar-refractivity contribution is -0.125. The zero-order valence-corrected chi connectivity index (χ0v) is 13.9. The van der Waals surface area contributed by atoms with Crippen molar-refractivity contribution in [2.45, 2.75) is 51.0 Å². The van der Waals surface area contributed by atoms with E-state index in [0.29, 0.717) is 6.54 Å². The molecule has 0 spiro atoms. The highest BCUT2D eigenvalue weighted by Gasteiger charge is 2.36. The third-order valence-electron chi connectivity index (χ3n) is 5.05. The van der Waals surface area contributed by atoms with E-state index >= 15 is 0 Å². The predicted octanol–water partition coefficient (Wildman–Crippen LogP) is 2.61. The van der Waals surface area contributed by atoms with Gasteiger partial charge >= 0.3 is 0 Å². The van der Waals surface area contributed by atoms with Crippen LogP contribution in [0.4, 0.5) is 0 Å². The van der Waals surface area contributed by atoms with Gasteiger partial charge in [0.15, 0.2) is 0 Å². The van der Waals surface area contributed by atoms with Crippen LogP contribution in [0.2, 0.25) is 0 Å². The molecule has 0 aromatic heterocycles. The number of amides is 1. The van der Waals surface area contributed by atoms with Crippen molar-refractivity contribution in [1.29, 1.82) is 0 Å². The second-order valence-corrected chi connectivity index (χ2v) is 6.58. The number of ether oxygens (including phenoxy) is 1. The number of methoxy groups -OCH3 is 1. The molecule has 2 atom stereocenters. The molecule has 0 saturated heterocycles. The SMILES string of the molecule is COc1cccc(C2(CNC(=O)C(C)C(C)N)CCCC2)c1. The van der Waals surface area contributed by atoms with Gasteiger partial charge in [0.2, 0.25) is 5.91 Å². The van der Waals surface area contributed by atoms with Crippen molar-refractivity contribution >= 4 is 5.91 Å². The maximum absolute atomic E-state index is 12.2. The van der Waals surface area contributed by atoms with Crippen molar-refractivity contribution in [1.82, 2.24) is 5.32 Å². The van der Waals surface area contributed by atoms with Crippen LogP contribution in [0, 0.1) is 5.92 Å². The summed E-state index contributed by atoms with van der Waals surface area (Å²) >= 11 is 0. The number of benzene rings is 1. The van der Waals surface area contributed by atoms with Gasteiger partial charge in [-0.25, -0.2) is 0 Å². The molecule has 1 amide bonds. The highest BCUT2D eigenvalue weighted by molar-refractivity contribution is 5.79. The van der Waals surface area contributed by atoms with Gasteiger partial charge in [-0.05, 0) is 37.5 Å². The van der Waals surface area contributed by atoms with E-state index in [2.05, 4.69) is 17.4 Å². The summed E-state index contributed by atoms with van der Waals surface area (Å²) in [4.78, 5) is 12.2. The molecule has 2 unspecified atom stereocenters. The molecule has 0 radical (unpaired) electrons. The molecule has 1 saturated carbocycles. The molecule has 1 fully saturated rings. The van der Waals surface area contributed by atoms with Crippen LogP contribution in [0.25, 0.3) is 0 Å². The Hall–Kier alpha value is -1.55. The van der Waals surface area contributed by atoms with Crippen molar-refractivity contribution in [2.24, 2.45) is 11.7 Å². The third kappa shape index (κ3) is 3.61. The summed E-state index contributed by atoms with van der Waals surface area (Å²) in [6.07, 6.45) is 4.62. The van der Waals surface area contributed by atoms with Gasteiger partial charge in [-0.2, -0.15) is 0 Å². The van der Waals surface area contributed by atoms with Crippen molar-refractivity contribution < 1.29 is 9.53 Å². The fourth-order valence-corrected chi connectivity index (χ4v) is 3.23. The number of nitrogens with two attached hydrogens (primary N) is 1. The quantitative estimate of drug-likeness (QED) is 0.849. The molecule has 2 rings (SSSR count). The van der Waals surface area contributed by atoms with Crippen molar-refractivity contribution in [2.75, 3.05) is 13.7 Å². The van der Waals surface area contributed by atoms with E-state index in [4.69, 9.17) is 10.5 Å². The van der Waals surface area contributed by atoms with Gasteiger partial charge in [-0.15, -0.1) is 0 Å². The topological polar surface area (TPSA) is 64.3 Å². The van der Waals surface area contributed by atoms with E-state index < -0.39 is 0 Å². The maximum atomic E-state index is 12.2. The second-order valence-electron chi connectivity index (χ2n) is 6.58. The summed E-state index contributed by atoms with van der Waals surface area (Å²) < 4.78 is 5.35. The number of hydrogen-bond acceptors (Lipinski definition) is 3. The molecule has 22 heavy (non-hydrogen) atoms. The van der Waals surface area contributed by atoms with E-state index in [1.54, 1.807) is 7.11 Å². The number of hydrogen-bond donors (Lipinski definition) is 2. The Bertz CT molecular complexity index is 508. The van der Waals surface area contributed by atoms with E-state index in [1.807, 2.05) is 26.0 Å². The Morgan fingerprint density at radius 2 is 2.05 bits per heavy atom. The van der Waals surface area contributed by atoms with E-state index in [9.17, 15) is 4.79 Å². The number of rotatable bonds is 6. The zero-order valence-electron chi connectivity index (χ0n) is 13.9. The molecule has 0 bridgehead atoms. The molecule has 4 nitrogen and oxygen atoms in total. The average Bonchev–Trinajstić information content (AvgIpc) is 3.02. The molecule has 1 aliphatic carbocycles. The van der Waals surface area contributed by atoms with Gasteiger partial charge in [-0.1, -0.05) is 31.9 Å². The third-order valence-corrected chi connectivity index (χ3v) is 5.05. The van der Waals surface area contributed by atoms with Crippen molar-refractivity contribution in [3.63, 3.8) is 0 Å². The molecule has 1 aliphatic rings. The summed E-state index contributed by atoms with van der Waals surface area (Å²) in [6.45, 7) is 4.43. The van der Waals surface area contributed by atoms with Crippen LogP contribution >= 0.6 is 0 Å². The van der Waals surface area contributed by atoms with Crippen LogP contribution in [0.3, 0.4) is 0 Å². The summed E-state index contributed by atoms with van der Waals surface area (Å²) in [5.41, 5.74) is 7.12. The van der Waals surface area contributed by atoms with Crippen LogP contribution < -0.4 is 15.8 Å². The summed E-state index contributed by atoms with van der Waals surface area (Å²) in [5.74, 6) is 0.756. The predicted molar refractivity (Wildman–Crippen MR) is 89.0 cm³/mol. The summed E-state index contributed by atoms with van der Waals surface area (Å²) in [6, 6.07) is 8.11. The van der Waals surface area contributed by atoms with Crippen LogP contribution in [0.15, 0.2) is 24.3 Å². The number of nitrogens with one attached hydrogen (secondary N) is 1. The van der Waals surface area contributed by atoms with E-state index in [-0.39, 0.29) is 23.3 Å². The fourth-order valence-electron chi connectivity index (χ4n) is 3.23. The van der Waals surface area contributed by atoms with Gasteiger partial charge in [-0.3, -0.25) is 4.79 Å². The molecule has 0 heterocycles. The number of carbonyl (C=O) groups is 1. The lowest BCUT2D eigenvalue weighted by atomic mass is 9.78. The van der Waals surface area contributed by atoms with Crippen LogP contribution in [-0.2, 0) is 10.2 Å². The molecular formula is C18H28N2O2. The van der Waals surface area contributed by atoms with Gasteiger partial charge in [0.05, 0.1) is 7.11 Å². The first-order chi connectivity index (χ1) is 10.5. The average molecular weight is 304 g/mol. The van der Waals surface area contributed by atoms with Crippen molar-refractivity contribution in [3.05, 3.63) is 29.8 Å². The highest BCUT2D eigenvalue weighted by Crippen LogP contribution is 2.41. The monoisotopic (exact) mass is 304 g/mol. The lowest BCUT2D eigenvalue weighted by Crippen LogP contribution is -2.44. The first-order valence-corrected chi connectivity index (χ1v) is 8.16. The summed E-state index contributed by atoms with van der Waals surface area (Å²) in [7, 11) is 1.69. The Kier molecular flexibility index (Phi) is 5.46. The molecular weight excluding hydrogens is 276 g/mol. The maximum Gasteiger partial charge on any atom is 0.224 e. The minimum Gasteiger partial charge on any atom is -0.497 e. The Balaban J connectivity index is 2.13. The Labute approximate surface area is 133 Å². The van der Waals surface area contributed by atoms with Crippen LogP contribution in [0.1, 0.15) is 45.1 Å². The lowest BCUT2D eigenvalue weighted by Gasteiger charge is -2.31. The highest BCUT2D eigenvalue weighted by atomic mass is 16.5. The van der Waals surface area contributed by atoms with Crippen LogP contribution in [0.5, 0.6) is 5.75 Å².